The molecule has 116 valence electrons. The van der Waals surface area contributed by atoms with Gasteiger partial charge in [-0.1, -0.05) is 30.1 Å². The molecule has 0 heterocycles. The predicted octanol–water partition coefficient (Wildman–Crippen LogP) is 4.25. The molecule has 0 spiro atoms. The van der Waals surface area contributed by atoms with E-state index >= 15 is 0 Å². The summed E-state index contributed by atoms with van der Waals surface area (Å²) in [6.07, 6.45) is 3.30. The van der Waals surface area contributed by atoms with Crippen LogP contribution in [0.2, 0.25) is 10.0 Å². The second-order valence-corrected chi connectivity index (χ2v) is 6.62. The van der Waals surface area contributed by atoms with Gasteiger partial charge in [0.2, 0.25) is 0 Å². The van der Waals surface area contributed by atoms with E-state index in [2.05, 4.69) is 12.2 Å². The fourth-order valence-electron chi connectivity index (χ4n) is 2.56. The number of nitrogens with zero attached hydrogens (tertiary/aromatic N) is 1. The van der Waals surface area contributed by atoms with Crippen molar-refractivity contribution < 1.29 is 10.0 Å². The Bertz CT molecular complexity index is 543. The molecule has 2 N–H and O–H groups in total. The Kier molecular flexibility index (Phi) is 4.96. The van der Waals surface area contributed by atoms with Crippen LogP contribution in [0.4, 0.5) is 11.4 Å². The molecule has 1 aliphatic rings. The third-order valence-electron chi connectivity index (χ3n) is 4.05. The maximum atomic E-state index is 11.1. The van der Waals surface area contributed by atoms with Gasteiger partial charge < -0.3 is 10.4 Å². The summed E-state index contributed by atoms with van der Waals surface area (Å²) < 4.78 is 0. The molecule has 2 rings (SSSR count). The zero-order chi connectivity index (χ0) is 15.6. The smallest absolute Gasteiger partial charge is 0.293 e. The number of aliphatic hydroxyl groups is 1. The summed E-state index contributed by atoms with van der Waals surface area (Å²) >= 11 is 11.7. The van der Waals surface area contributed by atoms with E-state index in [1.54, 1.807) is 0 Å². The van der Waals surface area contributed by atoms with Gasteiger partial charge >= 0.3 is 0 Å². The molecule has 0 amide bonds. The molecular formula is C14H18Cl2N2O3. The monoisotopic (exact) mass is 332 g/mol. The minimum absolute atomic E-state index is 0.138. The molecule has 0 unspecified atom stereocenters. The topological polar surface area (TPSA) is 75.4 Å². The van der Waals surface area contributed by atoms with Crippen LogP contribution in [0.15, 0.2) is 12.1 Å². The Balaban J connectivity index is 2.12. The third kappa shape index (κ3) is 3.99. The van der Waals surface area contributed by atoms with E-state index in [-0.39, 0.29) is 28.0 Å². The molecule has 0 atom stereocenters. The van der Waals surface area contributed by atoms with E-state index in [1.165, 1.54) is 12.1 Å². The average molecular weight is 333 g/mol. The normalized spacial score (nSPS) is 25.6. The number of hydrogen-bond acceptors (Lipinski definition) is 4. The lowest BCUT2D eigenvalue weighted by molar-refractivity contribution is -0.384. The fraction of sp³-hybridized carbons (Fsp3) is 0.571. The molecule has 0 bridgehead atoms. The van der Waals surface area contributed by atoms with Crippen molar-refractivity contribution in [2.45, 2.75) is 38.2 Å². The van der Waals surface area contributed by atoms with Gasteiger partial charge in [-0.3, -0.25) is 10.1 Å². The van der Waals surface area contributed by atoms with Gasteiger partial charge in [0.1, 0.15) is 5.69 Å². The highest BCUT2D eigenvalue weighted by atomic mass is 35.5. The Morgan fingerprint density at radius 3 is 2.52 bits per heavy atom. The van der Waals surface area contributed by atoms with E-state index < -0.39 is 10.5 Å². The summed E-state index contributed by atoms with van der Waals surface area (Å²) in [5, 5.41) is 24.9. The first-order chi connectivity index (χ1) is 9.81. The van der Waals surface area contributed by atoms with Gasteiger partial charge in [-0.25, -0.2) is 0 Å². The minimum Gasteiger partial charge on any atom is -0.388 e. The van der Waals surface area contributed by atoms with Crippen molar-refractivity contribution in [3.8, 4) is 0 Å². The summed E-state index contributed by atoms with van der Waals surface area (Å²) in [6, 6.07) is 2.65. The maximum Gasteiger partial charge on any atom is 0.293 e. The van der Waals surface area contributed by atoms with Crippen molar-refractivity contribution in [3.05, 3.63) is 32.3 Å². The quantitative estimate of drug-likeness (QED) is 0.638. The minimum atomic E-state index is -0.827. The van der Waals surface area contributed by atoms with E-state index in [0.29, 0.717) is 18.8 Å². The van der Waals surface area contributed by atoms with Gasteiger partial charge in [-0.05, 0) is 37.7 Å². The standard InChI is InChI=1S/C14H18Cl2N2O3/c1-9-2-4-14(19,5-3-9)8-17-12-6-10(15)11(16)7-13(12)18(20)21/h6-7,9,17,19H,2-5,8H2,1H3. The number of nitro benzene ring substituents is 1. The lowest BCUT2D eigenvalue weighted by Crippen LogP contribution is -2.40. The summed E-state index contributed by atoms with van der Waals surface area (Å²) in [6.45, 7) is 2.43. The van der Waals surface area contributed by atoms with Crippen LogP contribution in [0.3, 0.4) is 0 Å². The number of nitrogens with one attached hydrogen (secondary N) is 1. The van der Waals surface area contributed by atoms with Gasteiger partial charge in [-0.2, -0.15) is 0 Å². The molecule has 1 fully saturated rings. The van der Waals surface area contributed by atoms with Crippen LogP contribution in [-0.4, -0.2) is 22.2 Å². The van der Waals surface area contributed by atoms with Gasteiger partial charge in [0, 0.05) is 12.6 Å². The van der Waals surface area contributed by atoms with Crippen LogP contribution in [0.1, 0.15) is 32.6 Å². The van der Waals surface area contributed by atoms with Crippen molar-refractivity contribution >= 4 is 34.6 Å². The van der Waals surface area contributed by atoms with E-state index in [1.807, 2.05) is 0 Å². The molecular weight excluding hydrogens is 315 g/mol. The Hall–Kier alpha value is -1.04. The zero-order valence-electron chi connectivity index (χ0n) is 11.7. The van der Waals surface area contributed by atoms with E-state index in [0.717, 1.165) is 12.8 Å². The fourth-order valence-corrected chi connectivity index (χ4v) is 2.89. The van der Waals surface area contributed by atoms with Crippen molar-refractivity contribution in [3.63, 3.8) is 0 Å². The molecule has 0 saturated heterocycles. The lowest BCUT2D eigenvalue weighted by atomic mass is 9.79. The maximum absolute atomic E-state index is 11.1. The predicted molar refractivity (Wildman–Crippen MR) is 84.2 cm³/mol. The SMILES string of the molecule is CC1CCC(O)(CNc2cc(Cl)c(Cl)cc2[N+](=O)[O-])CC1. The first-order valence-electron chi connectivity index (χ1n) is 6.90. The molecule has 7 heteroatoms. The van der Waals surface area contributed by atoms with Gasteiger partial charge in [0.15, 0.2) is 0 Å². The Morgan fingerprint density at radius 2 is 1.95 bits per heavy atom. The van der Waals surface area contributed by atoms with Crippen LogP contribution in [0, 0.1) is 16.0 Å². The molecule has 21 heavy (non-hydrogen) atoms. The third-order valence-corrected chi connectivity index (χ3v) is 4.77. The number of nitro groups is 1. The molecule has 0 aromatic heterocycles. The van der Waals surface area contributed by atoms with Crippen LogP contribution in [0.5, 0.6) is 0 Å². The van der Waals surface area contributed by atoms with Crippen LogP contribution < -0.4 is 5.32 Å². The highest BCUT2D eigenvalue weighted by molar-refractivity contribution is 6.42. The van der Waals surface area contributed by atoms with E-state index in [9.17, 15) is 15.2 Å². The van der Waals surface area contributed by atoms with Crippen molar-refractivity contribution in [1.82, 2.24) is 0 Å². The molecule has 1 aliphatic carbocycles. The van der Waals surface area contributed by atoms with Crippen molar-refractivity contribution in [2.75, 3.05) is 11.9 Å². The summed E-state index contributed by atoms with van der Waals surface area (Å²) in [4.78, 5) is 10.5. The largest absolute Gasteiger partial charge is 0.388 e. The number of rotatable bonds is 4. The summed E-state index contributed by atoms with van der Waals surface area (Å²) in [5.41, 5.74) is -0.689. The number of benzene rings is 1. The van der Waals surface area contributed by atoms with Crippen LogP contribution in [0.25, 0.3) is 0 Å². The highest BCUT2D eigenvalue weighted by Crippen LogP contribution is 2.36. The number of anilines is 1. The molecule has 5 nitrogen and oxygen atoms in total. The van der Waals surface area contributed by atoms with Gasteiger partial charge in [-0.15, -0.1) is 0 Å². The first kappa shape index (κ1) is 16.3. The summed E-state index contributed by atoms with van der Waals surface area (Å²) in [7, 11) is 0. The van der Waals surface area contributed by atoms with Crippen molar-refractivity contribution in [1.29, 1.82) is 0 Å². The van der Waals surface area contributed by atoms with Gasteiger partial charge in [0.25, 0.3) is 5.69 Å². The molecule has 0 radical (unpaired) electrons. The summed E-state index contributed by atoms with van der Waals surface area (Å²) in [5.74, 6) is 0.615. The number of halogens is 2. The number of hydrogen-bond donors (Lipinski definition) is 2. The molecule has 1 aromatic rings. The molecule has 1 aromatic carbocycles. The second kappa shape index (κ2) is 6.38. The molecule has 1 saturated carbocycles. The van der Waals surface area contributed by atoms with Gasteiger partial charge in [0.05, 0.1) is 20.6 Å². The van der Waals surface area contributed by atoms with Crippen LogP contribution >= 0.6 is 23.2 Å². The van der Waals surface area contributed by atoms with Crippen LogP contribution in [-0.2, 0) is 0 Å². The zero-order valence-corrected chi connectivity index (χ0v) is 13.2. The Morgan fingerprint density at radius 1 is 1.38 bits per heavy atom. The first-order valence-corrected chi connectivity index (χ1v) is 7.66. The van der Waals surface area contributed by atoms with E-state index in [4.69, 9.17) is 23.2 Å². The second-order valence-electron chi connectivity index (χ2n) is 5.80. The average Bonchev–Trinajstić information content (AvgIpc) is 2.43. The lowest BCUT2D eigenvalue weighted by Gasteiger charge is -2.35. The Labute approximate surface area is 133 Å². The highest BCUT2D eigenvalue weighted by Gasteiger charge is 2.32. The van der Waals surface area contributed by atoms with Crippen molar-refractivity contribution in [2.24, 2.45) is 5.92 Å². The molecule has 0 aliphatic heterocycles.